The van der Waals surface area contributed by atoms with E-state index in [1.165, 1.54) is 12.8 Å². The molecular weight excluding hydrogens is 120 g/mol. The van der Waals surface area contributed by atoms with Gasteiger partial charge in [-0.25, -0.2) is 0 Å². The summed E-state index contributed by atoms with van der Waals surface area (Å²) in [5.41, 5.74) is 0. The van der Waals surface area contributed by atoms with Gasteiger partial charge in [-0.2, -0.15) is 0 Å². The Morgan fingerprint density at radius 2 is 2.00 bits per heavy atom. The van der Waals surface area contributed by atoms with Gasteiger partial charge in [-0.3, -0.25) is 0 Å². The molecular formula is C10H14. The van der Waals surface area contributed by atoms with E-state index in [2.05, 4.69) is 12.2 Å². The van der Waals surface area contributed by atoms with Gasteiger partial charge in [0.25, 0.3) is 0 Å². The number of fused-ring (bicyclic) bond motifs is 5. The van der Waals surface area contributed by atoms with E-state index in [0.717, 1.165) is 23.7 Å². The molecule has 2 fully saturated rings. The van der Waals surface area contributed by atoms with Gasteiger partial charge in [0, 0.05) is 0 Å². The van der Waals surface area contributed by atoms with Gasteiger partial charge in [-0.1, -0.05) is 12.2 Å². The standard InChI is InChI=1S/C10H14/c1-2-9-7-4-5-8(6-7)10(9)3-1/h1-2,7-10H,3-6H2/t7-,8-,9+,10?/m0/s1. The lowest BCUT2D eigenvalue weighted by Gasteiger charge is -2.23. The first-order chi connectivity index (χ1) is 4.95. The maximum absolute atomic E-state index is 2.49. The molecule has 0 nitrogen and oxygen atoms in total. The highest BCUT2D eigenvalue weighted by Gasteiger charge is 2.47. The molecule has 0 amide bonds. The van der Waals surface area contributed by atoms with E-state index in [1.807, 2.05) is 0 Å². The zero-order valence-electron chi connectivity index (χ0n) is 6.29. The van der Waals surface area contributed by atoms with E-state index in [9.17, 15) is 0 Å². The molecule has 4 atom stereocenters. The van der Waals surface area contributed by atoms with Crippen LogP contribution in [0.15, 0.2) is 12.2 Å². The third-order valence-electron chi connectivity index (χ3n) is 3.92. The maximum atomic E-state index is 2.49. The molecule has 2 bridgehead atoms. The molecule has 3 rings (SSSR count). The number of hydrogen-bond acceptors (Lipinski definition) is 0. The van der Waals surface area contributed by atoms with Crippen LogP contribution in [-0.4, -0.2) is 0 Å². The van der Waals surface area contributed by atoms with Crippen LogP contribution in [-0.2, 0) is 0 Å². The minimum Gasteiger partial charge on any atom is -0.0879 e. The Morgan fingerprint density at radius 3 is 2.90 bits per heavy atom. The highest BCUT2D eigenvalue weighted by molar-refractivity contribution is 5.11. The minimum atomic E-state index is 1.03. The largest absolute Gasteiger partial charge is 0.0879 e. The summed E-state index contributed by atoms with van der Waals surface area (Å²) in [6.45, 7) is 0. The van der Waals surface area contributed by atoms with Crippen LogP contribution in [0.25, 0.3) is 0 Å². The van der Waals surface area contributed by atoms with Gasteiger partial charge < -0.3 is 0 Å². The van der Waals surface area contributed by atoms with Crippen molar-refractivity contribution in [3.8, 4) is 0 Å². The fourth-order valence-electron chi connectivity index (χ4n) is 3.50. The molecule has 0 aromatic heterocycles. The molecule has 3 aliphatic carbocycles. The summed E-state index contributed by atoms with van der Waals surface area (Å²) < 4.78 is 0. The van der Waals surface area contributed by atoms with Gasteiger partial charge in [0.05, 0.1) is 0 Å². The van der Waals surface area contributed by atoms with E-state index in [0.29, 0.717) is 0 Å². The van der Waals surface area contributed by atoms with Crippen molar-refractivity contribution >= 4 is 0 Å². The van der Waals surface area contributed by atoms with Gasteiger partial charge in [0.15, 0.2) is 0 Å². The van der Waals surface area contributed by atoms with Crippen molar-refractivity contribution in [1.29, 1.82) is 0 Å². The maximum Gasteiger partial charge on any atom is -0.0171 e. The first-order valence-electron chi connectivity index (χ1n) is 4.62. The highest BCUT2D eigenvalue weighted by atomic mass is 14.5. The van der Waals surface area contributed by atoms with Gasteiger partial charge in [0.1, 0.15) is 0 Å². The van der Waals surface area contributed by atoms with Crippen LogP contribution in [0, 0.1) is 23.7 Å². The van der Waals surface area contributed by atoms with E-state index in [1.54, 1.807) is 12.8 Å². The monoisotopic (exact) mass is 134 g/mol. The zero-order chi connectivity index (χ0) is 6.55. The van der Waals surface area contributed by atoms with Crippen LogP contribution < -0.4 is 0 Å². The van der Waals surface area contributed by atoms with Crippen LogP contribution >= 0.6 is 0 Å². The lowest BCUT2D eigenvalue weighted by molar-refractivity contribution is 0.285. The quantitative estimate of drug-likeness (QED) is 0.447. The van der Waals surface area contributed by atoms with Crippen LogP contribution in [0.5, 0.6) is 0 Å². The van der Waals surface area contributed by atoms with E-state index in [-0.39, 0.29) is 0 Å². The summed E-state index contributed by atoms with van der Waals surface area (Å²) in [5.74, 6) is 4.36. The number of rotatable bonds is 0. The van der Waals surface area contributed by atoms with Crippen molar-refractivity contribution in [3.63, 3.8) is 0 Å². The molecule has 3 aliphatic rings. The Labute approximate surface area is 62.3 Å². The fraction of sp³-hybridized carbons (Fsp3) is 0.800. The highest BCUT2D eigenvalue weighted by Crippen LogP contribution is 2.56. The predicted octanol–water partition coefficient (Wildman–Crippen LogP) is 2.61. The van der Waals surface area contributed by atoms with Gasteiger partial charge in [0.2, 0.25) is 0 Å². The average Bonchev–Trinajstić information content (AvgIpc) is 2.60. The van der Waals surface area contributed by atoms with Crippen LogP contribution in [0.2, 0.25) is 0 Å². The molecule has 10 heavy (non-hydrogen) atoms. The molecule has 0 saturated heterocycles. The number of allylic oxidation sites excluding steroid dienone is 2. The smallest absolute Gasteiger partial charge is 0.0171 e. The van der Waals surface area contributed by atoms with E-state index in [4.69, 9.17) is 0 Å². The fourth-order valence-corrected chi connectivity index (χ4v) is 3.50. The number of hydrogen-bond donors (Lipinski definition) is 0. The first-order valence-corrected chi connectivity index (χ1v) is 4.62. The summed E-state index contributed by atoms with van der Waals surface area (Å²) >= 11 is 0. The molecule has 0 spiro atoms. The summed E-state index contributed by atoms with van der Waals surface area (Å²) in [5, 5.41) is 0. The Balaban J connectivity index is 1.97. The summed E-state index contributed by atoms with van der Waals surface area (Å²) in [7, 11) is 0. The van der Waals surface area contributed by atoms with Crippen molar-refractivity contribution < 1.29 is 0 Å². The molecule has 0 N–H and O–H groups in total. The molecule has 0 radical (unpaired) electrons. The average molecular weight is 134 g/mol. The lowest BCUT2D eigenvalue weighted by Crippen LogP contribution is -2.16. The van der Waals surface area contributed by atoms with Crippen molar-refractivity contribution in [2.45, 2.75) is 25.7 Å². The Bertz CT molecular complexity index is 180. The van der Waals surface area contributed by atoms with Crippen LogP contribution in [0.4, 0.5) is 0 Å². The zero-order valence-corrected chi connectivity index (χ0v) is 6.29. The molecule has 0 heterocycles. The summed E-state index contributed by atoms with van der Waals surface area (Å²) in [6, 6.07) is 0. The molecule has 0 aliphatic heterocycles. The molecule has 0 heteroatoms. The molecule has 2 saturated carbocycles. The minimum absolute atomic E-state index is 1.03. The third kappa shape index (κ3) is 0.492. The normalized spacial score (nSPS) is 56.0. The van der Waals surface area contributed by atoms with Crippen molar-refractivity contribution in [3.05, 3.63) is 12.2 Å². The molecule has 54 valence electrons. The summed E-state index contributed by atoms with van der Waals surface area (Å²) in [6.07, 6.45) is 11.0. The second-order valence-electron chi connectivity index (χ2n) is 4.24. The van der Waals surface area contributed by atoms with Crippen molar-refractivity contribution in [2.24, 2.45) is 23.7 Å². The van der Waals surface area contributed by atoms with E-state index < -0.39 is 0 Å². The Morgan fingerprint density at radius 1 is 1.10 bits per heavy atom. The second kappa shape index (κ2) is 1.66. The lowest BCUT2D eigenvalue weighted by atomic mass is 9.82. The SMILES string of the molecule is C1=C[C@H]2C(C1)[C@H]1CC[C@H]2C1. The van der Waals surface area contributed by atoms with Crippen LogP contribution in [0.3, 0.4) is 0 Å². The van der Waals surface area contributed by atoms with Gasteiger partial charge in [-0.05, 0) is 49.4 Å². The second-order valence-corrected chi connectivity index (χ2v) is 4.24. The van der Waals surface area contributed by atoms with Gasteiger partial charge in [-0.15, -0.1) is 0 Å². The molecule has 0 aromatic carbocycles. The van der Waals surface area contributed by atoms with Crippen molar-refractivity contribution in [2.75, 3.05) is 0 Å². The van der Waals surface area contributed by atoms with Gasteiger partial charge >= 0.3 is 0 Å². The van der Waals surface area contributed by atoms with Crippen molar-refractivity contribution in [1.82, 2.24) is 0 Å². The first kappa shape index (κ1) is 5.40. The summed E-state index contributed by atoms with van der Waals surface area (Å²) in [4.78, 5) is 0. The molecule has 0 aromatic rings. The molecule has 1 unspecified atom stereocenters. The van der Waals surface area contributed by atoms with E-state index >= 15 is 0 Å². The predicted molar refractivity (Wildman–Crippen MR) is 41.6 cm³/mol. The topological polar surface area (TPSA) is 0 Å². The Kier molecular flexibility index (Phi) is 0.898. The third-order valence-corrected chi connectivity index (χ3v) is 3.92. The Hall–Kier alpha value is -0.260. The van der Waals surface area contributed by atoms with Crippen LogP contribution in [0.1, 0.15) is 25.7 Å².